The van der Waals surface area contributed by atoms with Crippen LogP contribution in [-0.4, -0.2) is 54.9 Å². The number of hydrogen-bond acceptors (Lipinski definition) is 4. The number of rotatable bonds is 8. The van der Waals surface area contributed by atoms with Crippen molar-refractivity contribution in [2.45, 2.75) is 13.0 Å². The van der Waals surface area contributed by atoms with E-state index in [-0.39, 0.29) is 5.97 Å². The monoisotopic (exact) mass is 256 g/mol. The minimum Gasteiger partial charge on any atom is -0.463 e. The Balaban J connectivity index is 3.65. The van der Waals surface area contributed by atoms with E-state index in [4.69, 9.17) is 33.7 Å². The molecular weight excluding hydrogens is 239 g/mol. The quantitative estimate of drug-likeness (QED) is 0.512. The number of esters is 1. The van der Waals surface area contributed by atoms with Crippen LogP contribution in [0.1, 0.15) is 6.92 Å². The van der Waals surface area contributed by atoms with Gasteiger partial charge in [0.2, 0.25) is 0 Å². The highest BCUT2D eigenvalue weighted by Crippen LogP contribution is 1.93. The van der Waals surface area contributed by atoms with Gasteiger partial charge in [0.1, 0.15) is 12.6 Å². The standard InChI is InChI=1S/C9H18Cl2N2O2/c1-8(12)9(14)15-7-6-13(4-2-10)5-3-11/h8H,2-7,12H2,1H3/t8-/m0/s1. The van der Waals surface area contributed by atoms with Crippen LogP contribution < -0.4 is 5.73 Å². The summed E-state index contributed by atoms with van der Waals surface area (Å²) in [5.41, 5.74) is 5.34. The van der Waals surface area contributed by atoms with Crippen LogP contribution in [0.15, 0.2) is 0 Å². The number of ether oxygens (including phenoxy) is 1. The molecular formula is C9H18Cl2N2O2. The van der Waals surface area contributed by atoms with Gasteiger partial charge in [0.05, 0.1) is 0 Å². The zero-order chi connectivity index (χ0) is 11.7. The highest BCUT2D eigenvalue weighted by atomic mass is 35.5. The molecule has 0 spiro atoms. The summed E-state index contributed by atoms with van der Waals surface area (Å²) in [5.74, 6) is 0.697. The van der Waals surface area contributed by atoms with Crippen molar-refractivity contribution in [2.75, 3.05) is 38.0 Å². The van der Waals surface area contributed by atoms with Gasteiger partial charge in [-0.1, -0.05) is 0 Å². The van der Waals surface area contributed by atoms with E-state index in [1.54, 1.807) is 6.92 Å². The van der Waals surface area contributed by atoms with E-state index >= 15 is 0 Å². The third-order valence-corrected chi connectivity index (χ3v) is 2.16. The molecule has 0 heterocycles. The lowest BCUT2D eigenvalue weighted by molar-refractivity contribution is -0.145. The number of halogens is 2. The van der Waals surface area contributed by atoms with Crippen molar-refractivity contribution in [2.24, 2.45) is 5.73 Å². The van der Waals surface area contributed by atoms with E-state index in [1.165, 1.54) is 0 Å². The summed E-state index contributed by atoms with van der Waals surface area (Å²) in [6.45, 7) is 4.04. The van der Waals surface area contributed by atoms with Crippen molar-refractivity contribution in [3.05, 3.63) is 0 Å². The molecule has 0 aromatic rings. The molecule has 0 unspecified atom stereocenters. The molecule has 0 amide bonds. The molecule has 0 aromatic carbocycles. The predicted molar refractivity (Wildman–Crippen MR) is 62.5 cm³/mol. The molecule has 0 rings (SSSR count). The Morgan fingerprint density at radius 1 is 1.33 bits per heavy atom. The van der Waals surface area contributed by atoms with E-state index in [2.05, 4.69) is 0 Å². The second-order valence-corrected chi connectivity index (χ2v) is 3.93. The maximum Gasteiger partial charge on any atom is 0.322 e. The summed E-state index contributed by atoms with van der Waals surface area (Å²) >= 11 is 11.2. The van der Waals surface area contributed by atoms with Crippen LogP contribution in [0, 0.1) is 0 Å². The van der Waals surface area contributed by atoms with Gasteiger partial charge in [-0.2, -0.15) is 0 Å². The lowest BCUT2D eigenvalue weighted by atomic mass is 10.4. The molecule has 90 valence electrons. The van der Waals surface area contributed by atoms with E-state index in [1.807, 2.05) is 4.90 Å². The number of carbonyl (C=O) groups is 1. The molecule has 15 heavy (non-hydrogen) atoms. The molecule has 0 bridgehead atoms. The average molecular weight is 257 g/mol. The molecule has 0 aliphatic heterocycles. The van der Waals surface area contributed by atoms with Gasteiger partial charge in [0.25, 0.3) is 0 Å². The van der Waals surface area contributed by atoms with Crippen LogP contribution in [0.4, 0.5) is 0 Å². The average Bonchev–Trinajstić information content (AvgIpc) is 2.18. The normalized spacial score (nSPS) is 12.9. The number of alkyl halides is 2. The topological polar surface area (TPSA) is 55.6 Å². The van der Waals surface area contributed by atoms with Gasteiger partial charge in [-0.15, -0.1) is 23.2 Å². The Labute approximate surface area is 101 Å². The zero-order valence-electron chi connectivity index (χ0n) is 8.92. The van der Waals surface area contributed by atoms with Crippen molar-refractivity contribution in [1.82, 2.24) is 4.90 Å². The number of hydrogen-bond donors (Lipinski definition) is 1. The predicted octanol–water partition coefficient (Wildman–Crippen LogP) is 0.656. The highest BCUT2D eigenvalue weighted by molar-refractivity contribution is 6.18. The lowest BCUT2D eigenvalue weighted by Crippen LogP contribution is -2.34. The molecule has 0 aliphatic carbocycles. The Bertz CT molecular complexity index is 173. The Morgan fingerprint density at radius 2 is 1.87 bits per heavy atom. The van der Waals surface area contributed by atoms with E-state index < -0.39 is 6.04 Å². The van der Waals surface area contributed by atoms with E-state index in [9.17, 15) is 4.79 Å². The van der Waals surface area contributed by atoms with Crippen LogP contribution in [-0.2, 0) is 9.53 Å². The summed E-state index contributed by atoms with van der Waals surface area (Å²) in [6.07, 6.45) is 0. The Hall–Kier alpha value is -0.0300. The van der Waals surface area contributed by atoms with Crippen molar-refractivity contribution < 1.29 is 9.53 Å². The second kappa shape index (κ2) is 9.21. The minimum atomic E-state index is -0.570. The molecule has 0 fully saturated rings. The molecule has 0 saturated carbocycles. The fourth-order valence-corrected chi connectivity index (χ4v) is 1.46. The first-order valence-electron chi connectivity index (χ1n) is 4.88. The largest absolute Gasteiger partial charge is 0.463 e. The molecule has 2 N–H and O–H groups in total. The first-order chi connectivity index (χ1) is 7.11. The fraction of sp³-hybridized carbons (Fsp3) is 0.889. The molecule has 0 saturated heterocycles. The first-order valence-corrected chi connectivity index (χ1v) is 5.95. The number of nitrogens with two attached hydrogens (primary N) is 1. The van der Waals surface area contributed by atoms with Gasteiger partial charge in [0, 0.05) is 31.4 Å². The molecule has 0 aromatic heterocycles. The lowest BCUT2D eigenvalue weighted by Gasteiger charge is -2.19. The fourth-order valence-electron chi connectivity index (χ4n) is 0.981. The molecule has 4 nitrogen and oxygen atoms in total. The summed E-state index contributed by atoms with van der Waals surface area (Å²) in [7, 11) is 0. The second-order valence-electron chi connectivity index (χ2n) is 3.18. The SMILES string of the molecule is C[C@H](N)C(=O)OCCN(CCCl)CCCl. The van der Waals surface area contributed by atoms with E-state index in [0.29, 0.717) is 24.9 Å². The van der Waals surface area contributed by atoms with Gasteiger partial charge in [-0.05, 0) is 6.92 Å². The summed E-state index contributed by atoms with van der Waals surface area (Å²) in [5, 5.41) is 0. The maximum atomic E-state index is 11.0. The third kappa shape index (κ3) is 7.85. The Morgan fingerprint density at radius 3 is 2.27 bits per heavy atom. The van der Waals surface area contributed by atoms with Crippen molar-refractivity contribution in [3.8, 4) is 0 Å². The van der Waals surface area contributed by atoms with Gasteiger partial charge < -0.3 is 10.5 Å². The molecule has 6 heteroatoms. The van der Waals surface area contributed by atoms with Crippen molar-refractivity contribution >= 4 is 29.2 Å². The van der Waals surface area contributed by atoms with Crippen LogP contribution >= 0.6 is 23.2 Å². The van der Waals surface area contributed by atoms with Crippen LogP contribution in [0.2, 0.25) is 0 Å². The Kier molecular flexibility index (Phi) is 9.20. The van der Waals surface area contributed by atoms with Crippen molar-refractivity contribution in [3.63, 3.8) is 0 Å². The van der Waals surface area contributed by atoms with Crippen LogP contribution in [0.5, 0.6) is 0 Å². The van der Waals surface area contributed by atoms with E-state index in [0.717, 1.165) is 13.1 Å². The summed E-state index contributed by atoms with van der Waals surface area (Å²) in [6, 6.07) is -0.570. The van der Waals surface area contributed by atoms with Crippen molar-refractivity contribution in [1.29, 1.82) is 0 Å². The van der Waals surface area contributed by atoms with Gasteiger partial charge in [0.15, 0.2) is 0 Å². The third-order valence-electron chi connectivity index (χ3n) is 1.83. The van der Waals surface area contributed by atoms with Crippen LogP contribution in [0.25, 0.3) is 0 Å². The highest BCUT2D eigenvalue weighted by Gasteiger charge is 2.09. The molecule has 0 radical (unpaired) electrons. The van der Waals surface area contributed by atoms with Gasteiger partial charge in [-0.3, -0.25) is 9.69 Å². The maximum absolute atomic E-state index is 11.0. The molecule has 0 aliphatic rings. The van der Waals surface area contributed by atoms with Gasteiger partial charge >= 0.3 is 5.97 Å². The summed E-state index contributed by atoms with van der Waals surface area (Å²) < 4.78 is 4.93. The number of carbonyl (C=O) groups excluding carboxylic acids is 1. The summed E-state index contributed by atoms with van der Waals surface area (Å²) in [4.78, 5) is 13.1. The smallest absolute Gasteiger partial charge is 0.322 e. The first kappa shape index (κ1) is 15.0. The van der Waals surface area contributed by atoms with Gasteiger partial charge in [-0.25, -0.2) is 0 Å². The minimum absolute atomic E-state index is 0.328. The van der Waals surface area contributed by atoms with Crippen LogP contribution in [0.3, 0.4) is 0 Å². The number of nitrogens with zero attached hydrogens (tertiary/aromatic N) is 1. The zero-order valence-corrected chi connectivity index (χ0v) is 10.4. The molecule has 1 atom stereocenters.